The van der Waals surface area contributed by atoms with E-state index in [1.54, 1.807) is 6.92 Å². The lowest BCUT2D eigenvalue weighted by atomic mass is 10.3. The molecule has 0 aliphatic carbocycles. The first-order chi connectivity index (χ1) is 6.19. The molecular weight excluding hydrogens is 188 g/mol. The quantitative estimate of drug-likeness (QED) is 0.750. The molecule has 1 heterocycles. The van der Waals surface area contributed by atoms with Crippen molar-refractivity contribution < 1.29 is 9.53 Å². The highest BCUT2D eigenvalue weighted by atomic mass is 32.1. The van der Waals surface area contributed by atoms with Crippen LogP contribution >= 0.6 is 11.3 Å². The lowest BCUT2D eigenvalue weighted by Gasteiger charge is -1.98. The summed E-state index contributed by atoms with van der Waals surface area (Å²) in [4.78, 5) is 15.9. The van der Waals surface area contributed by atoms with E-state index in [1.165, 1.54) is 11.3 Å². The summed E-state index contributed by atoms with van der Waals surface area (Å²) in [5.41, 5.74) is 6.21. The fourth-order valence-electron chi connectivity index (χ4n) is 0.966. The second-order valence-electron chi connectivity index (χ2n) is 2.40. The van der Waals surface area contributed by atoms with Crippen LogP contribution in [-0.2, 0) is 11.2 Å². The van der Waals surface area contributed by atoms with Crippen molar-refractivity contribution in [2.24, 2.45) is 0 Å². The van der Waals surface area contributed by atoms with Crippen LogP contribution in [0.4, 0.5) is 5.13 Å². The van der Waals surface area contributed by atoms with Gasteiger partial charge in [0.25, 0.3) is 0 Å². The smallest absolute Gasteiger partial charge is 0.350 e. The second kappa shape index (κ2) is 4.23. The summed E-state index contributed by atoms with van der Waals surface area (Å²) in [7, 11) is 0. The average molecular weight is 200 g/mol. The average Bonchev–Trinajstić information content (AvgIpc) is 2.47. The number of aryl methyl sites for hydroxylation is 1. The Bertz CT molecular complexity index is 309. The van der Waals surface area contributed by atoms with Crippen LogP contribution in [0, 0.1) is 0 Å². The number of nitrogens with zero attached hydrogens (tertiary/aromatic N) is 1. The second-order valence-corrected chi connectivity index (χ2v) is 3.43. The summed E-state index contributed by atoms with van der Waals surface area (Å²) in [6, 6.07) is 0. The van der Waals surface area contributed by atoms with Crippen molar-refractivity contribution in [2.45, 2.75) is 20.3 Å². The Morgan fingerprint density at radius 1 is 1.62 bits per heavy atom. The maximum absolute atomic E-state index is 11.3. The number of nitrogen functional groups attached to an aromatic ring is 1. The van der Waals surface area contributed by atoms with Crippen LogP contribution in [0.1, 0.15) is 29.2 Å². The maximum atomic E-state index is 11.3. The molecule has 0 aliphatic rings. The van der Waals surface area contributed by atoms with Crippen molar-refractivity contribution in [3.63, 3.8) is 0 Å². The predicted octanol–water partition coefficient (Wildman–Crippen LogP) is 1.46. The number of esters is 1. The molecule has 0 atom stereocenters. The summed E-state index contributed by atoms with van der Waals surface area (Å²) in [6.07, 6.45) is 0.696. The molecule has 5 heteroatoms. The van der Waals surface area contributed by atoms with Crippen LogP contribution in [0.15, 0.2) is 0 Å². The van der Waals surface area contributed by atoms with Gasteiger partial charge in [0.1, 0.15) is 4.88 Å². The normalized spacial score (nSPS) is 10.0. The first-order valence-electron chi connectivity index (χ1n) is 4.11. The number of hydrogen-bond donors (Lipinski definition) is 1. The van der Waals surface area contributed by atoms with Crippen LogP contribution in [0.5, 0.6) is 0 Å². The molecule has 1 aromatic heterocycles. The van der Waals surface area contributed by atoms with Gasteiger partial charge >= 0.3 is 5.97 Å². The lowest BCUT2D eigenvalue weighted by Crippen LogP contribution is -2.05. The molecule has 0 amide bonds. The van der Waals surface area contributed by atoms with E-state index in [0.717, 1.165) is 5.69 Å². The van der Waals surface area contributed by atoms with Crippen LogP contribution in [0.25, 0.3) is 0 Å². The first kappa shape index (κ1) is 9.98. The molecule has 13 heavy (non-hydrogen) atoms. The molecule has 0 unspecified atom stereocenters. The molecule has 1 rings (SSSR count). The van der Waals surface area contributed by atoms with Crippen molar-refractivity contribution >= 4 is 22.4 Å². The molecule has 0 aromatic carbocycles. The van der Waals surface area contributed by atoms with Gasteiger partial charge in [-0.15, -0.1) is 0 Å². The SMILES string of the molecule is CCOC(=O)c1sc(N)nc1CC. The van der Waals surface area contributed by atoms with Crippen LogP contribution in [0.2, 0.25) is 0 Å². The van der Waals surface area contributed by atoms with Crippen LogP contribution < -0.4 is 5.73 Å². The van der Waals surface area contributed by atoms with Gasteiger partial charge in [0.15, 0.2) is 5.13 Å². The van der Waals surface area contributed by atoms with E-state index in [0.29, 0.717) is 23.0 Å². The molecule has 0 radical (unpaired) electrons. The fourth-order valence-corrected chi connectivity index (χ4v) is 1.78. The Hall–Kier alpha value is -1.10. The third-order valence-corrected chi connectivity index (χ3v) is 2.42. The molecule has 0 fully saturated rings. The summed E-state index contributed by atoms with van der Waals surface area (Å²) in [5, 5.41) is 0.417. The highest BCUT2D eigenvalue weighted by Gasteiger charge is 2.16. The Morgan fingerprint density at radius 3 is 2.85 bits per heavy atom. The van der Waals surface area contributed by atoms with Crippen LogP contribution in [-0.4, -0.2) is 17.6 Å². The summed E-state index contributed by atoms with van der Waals surface area (Å²) in [5.74, 6) is -0.325. The zero-order valence-corrected chi connectivity index (χ0v) is 8.48. The third-order valence-electron chi connectivity index (χ3n) is 1.51. The van der Waals surface area contributed by atoms with Crippen molar-refractivity contribution in [2.75, 3.05) is 12.3 Å². The number of ether oxygens (including phenoxy) is 1. The van der Waals surface area contributed by atoms with E-state index in [-0.39, 0.29) is 5.97 Å². The molecule has 0 bridgehead atoms. The van der Waals surface area contributed by atoms with Crippen molar-refractivity contribution in [3.8, 4) is 0 Å². The number of aromatic nitrogens is 1. The van der Waals surface area contributed by atoms with E-state index in [4.69, 9.17) is 10.5 Å². The van der Waals surface area contributed by atoms with Gasteiger partial charge in [-0.05, 0) is 13.3 Å². The van der Waals surface area contributed by atoms with Gasteiger partial charge in [0.05, 0.1) is 12.3 Å². The van der Waals surface area contributed by atoms with Gasteiger partial charge in [-0.3, -0.25) is 0 Å². The highest BCUT2D eigenvalue weighted by molar-refractivity contribution is 7.17. The van der Waals surface area contributed by atoms with E-state index < -0.39 is 0 Å². The molecular formula is C8H12N2O2S. The van der Waals surface area contributed by atoms with Gasteiger partial charge in [0.2, 0.25) is 0 Å². The van der Waals surface area contributed by atoms with E-state index >= 15 is 0 Å². The Labute approximate surface area is 80.7 Å². The van der Waals surface area contributed by atoms with Crippen molar-refractivity contribution in [3.05, 3.63) is 10.6 Å². The number of carbonyl (C=O) groups excluding carboxylic acids is 1. The van der Waals surface area contributed by atoms with E-state index in [1.807, 2.05) is 6.92 Å². The molecule has 0 spiro atoms. The summed E-state index contributed by atoms with van der Waals surface area (Å²) in [6.45, 7) is 4.07. The number of hydrogen-bond acceptors (Lipinski definition) is 5. The minimum atomic E-state index is -0.325. The number of nitrogens with two attached hydrogens (primary N) is 1. The van der Waals surface area contributed by atoms with Gasteiger partial charge < -0.3 is 10.5 Å². The monoisotopic (exact) mass is 200 g/mol. The number of rotatable bonds is 3. The maximum Gasteiger partial charge on any atom is 0.350 e. The highest BCUT2D eigenvalue weighted by Crippen LogP contribution is 2.21. The molecule has 0 aliphatic heterocycles. The fraction of sp³-hybridized carbons (Fsp3) is 0.500. The Kier molecular flexibility index (Phi) is 3.25. The van der Waals surface area contributed by atoms with Gasteiger partial charge in [-0.2, -0.15) is 0 Å². The minimum absolute atomic E-state index is 0.325. The predicted molar refractivity (Wildman–Crippen MR) is 51.9 cm³/mol. The molecule has 72 valence electrons. The third kappa shape index (κ3) is 2.18. The van der Waals surface area contributed by atoms with Crippen molar-refractivity contribution in [1.82, 2.24) is 4.98 Å². The molecule has 4 nitrogen and oxygen atoms in total. The molecule has 0 saturated carbocycles. The Balaban J connectivity index is 2.91. The first-order valence-corrected chi connectivity index (χ1v) is 4.93. The number of thiazole rings is 1. The molecule has 1 aromatic rings. The zero-order valence-electron chi connectivity index (χ0n) is 7.66. The topological polar surface area (TPSA) is 65.2 Å². The van der Waals surface area contributed by atoms with Gasteiger partial charge in [0, 0.05) is 0 Å². The standard InChI is InChI=1S/C8H12N2O2S/c1-3-5-6(7(11)12-4-2)13-8(9)10-5/h3-4H2,1-2H3,(H2,9,10). The minimum Gasteiger partial charge on any atom is -0.462 e. The van der Waals surface area contributed by atoms with E-state index in [9.17, 15) is 4.79 Å². The molecule has 0 saturated heterocycles. The molecule has 2 N–H and O–H groups in total. The lowest BCUT2D eigenvalue weighted by molar-refractivity contribution is 0.0530. The summed E-state index contributed by atoms with van der Waals surface area (Å²) < 4.78 is 4.86. The van der Waals surface area contributed by atoms with Crippen LogP contribution in [0.3, 0.4) is 0 Å². The summed E-state index contributed by atoms with van der Waals surface area (Å²) >= 11 is 1.18. The van der Waals surface area contributed by atoms with E-state index in [2.05, 4.69) is 4.98 Å². The Morgan fingerprint density at radius 2 is 2.31 bits per heavy atom. The number of anilines is 1. The van der Waals surface area contributed by atoms with Gasteiger partial charge in [-0.1, -0.05) is 18.3 Å². The largest absolute Gasteiger partial charge is 0.462 e. The number of carbonyl (C=O) groups is 1. The zero-order chi connectivity index (χ0) is 9.84. The van der Waals surface area contributed by atoms with Crippen molar-refractivity contribution in [1.29, 1.82) is 0 Å². The van der Waals surface area contributed by atoms with Gasteiger partial charge in [-0.25, -0.2) is 9.78 Å².